The molecule has 1 aliphatic carbocycles. The van der Waals surface area contributed by atoms with Crippen molar-refractivity contribution in [1.82, 2.24) is 5.32 Å². The molecule has 1 amide bonds. The smallest absolute Gasteiger partial charge is 0.313 e. The van der Waals surface area contributed by atoms with Gasteiger partial charge in [-0.2, -0.15) is 0 Å². The fraction of sp³-hybridized carbons (Fsp3) is 0.500. The first-order valence-corrected chi connectivity index (χ1v) is 8.54. The van der Waals surface area contributed by atoms with Gasteiger partial charge in [-0.1, -0.05) is 25.0 Å². The van der Waals surface area contributed by atoms with E-state index in [2.05, 4.69) is 5.32 Å². The summed E-state index contributed by atoms with van der Waals surface area (Å²) < 4.78 is 13.1. The highest BCUT2D eigenvalue weighted by Gasteiger charge is 2.42. The lowest BCUT2D eigenvalue weighted by atomic mass is 9.78. The second-order valence-electron chi connectivity index (χ2n) is 5.50. The van der Waals surface area contributed by atoms with Crippen LogP contribution in [-0.4, -0.2) is 35.0 Å². The first-order valence-electron chi connectivity index (χ1n) is 7.38. The van der Waals surface area contributed by atoms with Crippen molar-refractivity contribution < 1.29 is 19.1 Å². The van der Waals surface area contributed by atoms with Gasteiger partial charge in [0.1, 0.15) is 5.82 Å². The molecule has 0 heterocycles. The minimum atomic E-state index is -0.852. The molecular formula is C16H20FNO3S. The standard InChI is InChI=1S/C16H20FNO3S/c17-13-5-3-12(4-6-13)16(7-1-2-8-16)15(21)18-9-10-22-11-14(19)20/h3-6H,1-2,7-11H2,(H,18,21)(H,19,20). The lowest BCUT2D eigenvalue weighted by Gasteiger charge is -2.28. The zero-order chi connectivity index (χ0) is 16.0. The van der Waals surface area contributed by atoms with Gasteiger partial charge in [0.05, 0.1) is 11.2 Å². The molecule has 0 unspecified atom stereocenters. The van der Waals surface area contributed by atoms with Crippen LogP contribution in [0.4, 0.5) is 4.39 Å². The van der Waals surface area contributed by atoms with E-state index < -0.39 is 11.4 Å². The zero-order valence-electron chi connectivity index (χ0n) is 12.3. The van der Waals surface area contributed by atoms with E-state index in [4.69, 9.17) is 5.11 Å². The Hall–Kier alpha value is -1.56. The number of nitrogens with one attached hydrogen (secondary N) is 1. The van der Waals surface area contributed by atoms with E-state index in [1.54, 1.807) is 12.1 Å². The van der Waals surface area contributed by atoms with Crippen LogP contribution < -0.4 is 5.32 Å². The van der Waals surface area contributed by atoms with Crippen molar-refractivity contribution >= 4 is 23.6 Å². The average Bonchev–Trinajstić information content (AvgIpc) is 2.98. The second kappa shape index (κ2) is 7.63. The van der Waals surface area contributed by atoms with Gasteiger partial charge >= 0.3 is 5.97 Å². The van der Waals surface area contributed by atoms with Crippen molar-refractivity contribution in [2.75, 3.05) is 18.1 Å². The van der Waals surface area contributed by atoms with E-state index in [-0.39, 0.29) is 17.5 Å². The lowest BCUT2D eigenvalue weighted by molar-refractivity contribution is -0.134. The van der Waals surface area contributed by atoms with Crippen molar-refractivity contribution in [2.45, 2.75) is 31.1 Å². The number of aliphatic carboxylic acids is 1. The molecule has 2 rings (SSSR count). The molecule has 0 aliphatic heterocycles. The Balaban J connectivity index is 1.97. The van der Waals surface area contributed by atoms with Gasteiger partial charge in [-0.15, -0.1) is 11.8 Å². The van der Waals surface area contributed by atoms with E-state index in [0.29, 0.717) is 12.3 Å². The molecule has 1 saturated carbocycles. The van der Waals surface area contributed by atoms with Gasteiger partial charge in [-0.05, 0) is 30.5 Å². The Morgan fingerprint density at radius 1 is 1.23 bits per heavy atom. The normalized spacial score (nSPS) is 16.4. The van der Waals surface area contributed by atoms with Crippen LogP contribution in [0.3, 0.4) is 0 Å². The molecule has 1 aromatic carbocycles. The van der Waals surface area contributed by atoms with Gasteiger partial charge in [-0.3, -0.25) is 9.59 Å². The molecule has 0 atom stereocenters. The fourth-order valence-electron chi connectivity index (χ4n) is 2.96. The van der Waals surface area contributed by atoms with Gasteiger partial charge in [0.2, 0.25) is 5.91 Å². The number of carbonyl (C=O) groups is 2. The molecule has 1 aromatic rings. The van der Waals surface area contributed by atoms with Crippen LogP contribution >= 0.6 is 11.8 Å². The third kappa shape index (κ3) is 4.00. The highest BCUT2D eigenvalue weighted by atomic mass is 32.2. The minimum absolute atomic E-state index is 0.0347. The Labute approximate surface area is 133 Å². The Morgan fingerprint density at radius 3 is 2.45 bits per heavy atom. The fourth-order valence-corrected chi connectivity index (χ4v) is 3.53. The third-order valence-electron chi connectivity index (χ3n) is 4.05. The Kier molecular flexibility index (Phi) is 5.83. The maximum atomic E-state index is 13.1. The number of carboxylic acid groups (broad SMARTS) is 1. The number of hydrogen-bond donors (Lipinski definition) is 2. The number of halogens is 1. The van der Waals surface area contributed by atoms with Crippen LogP contribution in [0.1, 0.15) is 31.2 Å². The largest absolute Gasteiger partial charge is 0.481 e. The number of hydrogen-bond acceptors (Lipinski definition) is 3. The first-order chi connectivity index (χ1) is 10.5. The van der Waals surface area contributed by atoms with Crippen molar-refractivity contribution in [3.63, 3.8) is 0 Å². The van der Waals surface area contributed by atoms with E-state index in [1.165, 1.54) is 23.9 Å². The van der Waals surface area contributed by atoms with E-state index in [1.807, 2.05) is 0 Å². The molecule has 0 saturated heterocycles. The summed E-state index contributed by atoms with van der Waals surface area (Å²) in [5, 5.41) is 11.5. The summed E-state index contributed by atoms with van der Waals surface area (Å²) >= 11 is 1.28. The molecular weight excluding hydrogens is 305 g/mol. The number of amides is 1. The van der Waals surface area contributed by atoms with Crippen molar-refractivity contribution in [1.29, 1.82) is 0 Å². The van der Waals surface area contributed by atoms with Gasteiger partial charge in [-0.25, -0.2) is 4.39 Å². The molecule has 6 heteroatoms. The highest BCUT2D eigenvalue weighted by molar-refractivity contribution is 7.99. The molecule has 120 valence electrons. The van der Waals surface area contributed by atoms with Crippen LogP contribution in [0.15, 0.2) is 24.3 Å². The maximum absolute atomic E-state index is 13.1. The summed E-state index contributed by atoms with van der Waals surface area (Å²) in [6.45, 7) is 0.444. The molecule has 0 spiro atoms. The molecule has 1 aliphatic rings. The van der Waals surface area contributed by atoms with E-state index in [0.717, 1.165) is 31.2 Å². The molecule has 0 radical (unpaired) electrons. The summed E-state index contributed by atoms with van der Waals surface area (Å²) in [7, 11) is 0. The Morgan fingerprint density at radius 2 is 1.86 bits per heavy atom. The van der Waals surface area contributed by atoms with Crippen molar-refractivity contribution in [3.05, 3.63) is 35.6 Å². The summed E-state index contributed by atoms with van der Waals surface area (Å²) in [6.07, 6.45) is 3.51. The lowest BCUT2D eigenvalue weighted by Crippen LogP contribution is -2.43. The topological polar surface area (TPSA) is 66.4 Å². The highest BCUT2D eigenvalue weighted by Crippen LogP contribution is 2.41. The SMILES string of the molecule is O=C(O)CSCCNC(=O)C1(c2ccc(F)cc2)CCCC1. The molecule has 22 heavy (non-hydrogen) atoms. The molecule has 0 bridgehead atoms. The summed E-state index contributed by atoms with van der Waals surface area (Å²) in [4.78, 5) is 23.0. The number of thioether (sulfide) groups is 1. The molecule has 2 N–H and O–H groups in total. The predicted molar refractivity (Wildman–Crippen MR) is 84.5 cm³/mol. The first kappa shape index (κ1) is 16.8. The number of carbonyl (C=O) groups excluding carboxylic acids is 1. The van der Waals surface area contributed by atoms with Gasteiger partial charge in [0, 0.05) is 12.3 Å². The predicted octanol–water partition coefficient (Wildman–Crippen LogP) is 2.57. The van der Waals surface area contributed by atoms with Crippen LogP contribution in [0.25, 0.3) is 0 Å². The molecule has 4 nitrogen and oxygen atoms in total. The Bertz CT molecular complexity index is 527. The quantitative estimate of drug-likeness (QED) is 0.756. The maximum Gasteiger partial charge on any atom is 0.313 e. The van der Waals surface area contributed by atoms with E-state index in [9.17, 15) is 14.0 Å². The van der Waals surface area contributed by atoms with Crippen LogP contribution in [0.5, 0.6) is 0 Å². The van der Waals surface area contributed by atoms with Crippen LogP contribution in [0, 0.1) is 5.82 Å². The summed E-state index contributed by atoms with van der Waals surface area (Å²) in [6, 6.07) is 6.18. The van der Waals surface area contributed by atoms with Gasteiger partial charge in [0.25, 0.3) is 0 Å². The number of benzene rings is 1. The van der Waals surface area contributed by atoms with Gasteiger partial charge < -0.3 is 10.4 Å². The monoisotopic (exact) mass is 325 g/mol. The average molecular weight is 325 g/mol. The van der Waals surface area contributed by atoms with Crippen LogP contribution in [-0.2, 0) is 15.0 Å². The molecule has 1 fully saturated rings. The number of rotatable bonds is 7. The third-order valence-corrected chi connectivity index (χ3v) is 4.99. The minimum Gasteiger partial charge on any atom is -0.481 e. The second-order valence-corrected chi connectivity index (χ2v) is 6.60. The van der Waals surface area contributed by atoms with Gasteiger partial charge in [0.15, 0.2) is 0 Å². The summed E-state index contributed by atoms with van der Waals surface area (Å²) in [5.41, 5.74) is 0.299. The molecule has 0 aromatic heterocycles. The summed E-state index contributed by atoms with van der Waals surface area (Å²) in [5.74, 6) is -0.582. The zero-order valence-corrected chi connectivity index (χ0v) is 13.1. The number of carboxylic acids is 1. The van der Waals surface area contributed by atoms with Crippen LogP contribution in [0.2, 0.25) is 0 Å². The van der Waals surface area contributed by atoms with Crippen molar-refractivity contribution in [3.8, 4) is 0 Å². The van der Waals surface area contributed by atoms with E-state index >= 15 is 0 Å². The van der Waals surface area contributed by atoms with Crippen molar-refractivity contribution in [2.24, 2.45) is 0 Å².